The summed E-state index contributed by atoms with van der Waals surface area (Å²) < 4.78 is 5.09. The molecule has 0 aliphatic carbocycles. The Morgan fingerprint density at radius 3 is 2.59 bits per heavy atom. The van der Waals surface area contributed by atoms with E-state index in [0.29, 0.717) is 12.5 Å². The maximum atomic E-state index is 10.8. The van der Waals surface area contributed by atoms with Gasteiger partial charge < -0.3 is 15.2 Å². The SMILES string of the molecule is COc1ccc(C(C)CCNC(=O)CO)cc1. The number of rotatable bonds is 6. The minimum absolute atomic E-state index is 0.327. The fourth-order valence-corrected chi connectivity index (χ4v) is 1.58. The van der Waals surface area contributed by atoms with E-state index in [1.54, 1.807) is 7.11 Å². The molecule has 2 N–H and O–H groups in total. The Hall–Kier alpha value is -1.55. The van der Waals surface area contributed by atoms with Crippen molar-refractivity contribution in [3.8, 4) is 5.75 Å². The number of aliphatic hydroxyl groups excluding tert-OH is 1. The van der Waals surface area contributed by atoms with Crippen LogP contribution in [0.25, 0.3) is 0 Å². The van der Waals surface area contributed by atoms with E-state index in [9.17, 15) is 4.79 Å². The van der Waals surface area contributed by atoms with Gasteiger partial charge in [0.2, 0.25) is 5.91 Å². The second kappa shape index (κ2) is 6.91. The van der Waals surface area contributed by atoms with Crippen molar-refractivity contribution in [2.45, 2.75) is 19.3 Å². The van der Waals surface area contributed by atoms with Crippen LogP contribution >= 0.6 is 0 Å². The lowest BCUT2D eigenvalue weighted by Crippen LogP contribution is -2.27. The van der Waals surface area contributed by atoms with E-state index in [1.807, 2.05) is 24.3 Å². The third-order valence-electron chi connectivity index (χ3n) is 2.73. The van der Waals surface area contributed by atoms with Crippen LogP contribution in [0.4, 0.5) is 0 Å². The fourth-order valence-electron chi connectivity index (χ4n) is 1.58. The maximum absolute atomic E-state index is 10.8. The molecule has 0 fully saturated rings. The summed E-state index contributed by atoms with van der Waals surface area (Å²) in [5, 5.41) is 11.2. The lowest BCUT2D eigenvalue weighted by Gasteiger charge is -2.12. The Morgan fingerprint density at radius 1 is 1.41 bits per heavy atom. The molecule has 94 valence electrons. The molecule has 1 aromatic rings. The van der Waals surface area contributed by atoms with E-state index >= 15 is 0 Å². The number of amides is 1. The van der Waals surface area contributed by atoms with Crippen molar-refractivity contribution in [2.24, 2.45) is 0 Å². The molecule has 0 saturated heterocycles. The van der Waals surface area contributed by atoms with Crippen LogP contribution in [0.15, 0.2) is 24.3 Å². The zero-order valence-corrected chi connectivity index (χ0v) is 10.3. The van der Waals surface area contributed by atoms with Crippen molar-refractivity contribution in [1.82, 2.24) is 5.32 Å². The van der Waals surface area contributed by atoms with Crippen LogP contribution in [0.2, 0.25) is 0 Å². The molecule has 1 aromatic carbocycles. The van der Waals surface area contributed by atoms with Gasteiger partial charge in [0, 0.05) is 6.54 Å². The summed E-state index contributed by atoms with van der Waals surface area (Å²) >= 11 is 0. The highest BCUT2D eigenvalue weighted by Crippen LogP contribution is 2.21. The van der Waals surface area contributed by atoms with Crippen molar-refractivity contribution < 1.29 is 14.6 Å². The normalized spacial score (nSPS) is 11.9. The molecule has 0 aromatic heterocycles. The first-order chi connectivity index (χ1) is 8.17. The Bertz CT molecular complexity index is 348. The average Bonchev–Trinajstić information content (AvgIpc) is 2.38. The van der Waals surface area contributed by atoms with Gasteiger partial charge in [0.15, 0.2) is 0 Å². The second-order valence-electron chi connectivity index (χ2n) is 3.97. The number of nitrogens with one attached hydrogen (secondary N) is 1. The highest BCUT2D eigenvalue weighted by Gasteiger charge is 2.06. The first-order valence-corrected chi connectivity index (χ1v) is 5.69. The first kappa shape index (κ1) is 13.5. The number of carbonyl (C=O) groups is 1. The first-order valence-electron chi connectivity index (χ1n) is 5.69. The summed E-state index contributed by atoms with van der Waals surface area (Å²) in [5.74, 6) is 0.876. The van der Waals surface area contributed by atoms with Crippen LogP contribution in [0, 0.1) is 0 Å². The van der Waals surface area contributed by atoms with Gasteiger partial charge >= 0.3 is 0 Å². The molecule has 1 amide bonds. The van der Waals surface area contributed by atoms with Gasteiger partial charge in [-0.25, -0.2) is 0 Å². The van der Waals surface area contributed by atoms with E-state index in [0.717, 1.165) is 12.2 Å². The highest BCUT2D eigenvalue weighted by atomic mass is 16.5. The highest BCUT2D eigenvalue weighted by molar-refractivity contribution is 5.76. The summed E-state index contributed by atoms with van der Waals surface area (Å²) in [4.78, 5) is 10.8. The lowest BCUT2D eigenvalue weighted by molar-refractivity contribution is -0.123. The van der Waals surface area contributed by atoms with Crippen molar-refractivity contribution in [3.63, 3.8) is 0 Å². The zero-order valence-electron chi connectivity index (χ0n) is 10.3. The summed E-state index contributed by atoms with van der Waals surface area (Å²) in [7, 11) is 1.64. The van der Waals surface area contributed by atoms with Crippen molar-refractivity contribution >= 4 is 5.91 Å². The summed E-state index contributed by atoms with van der Waals surface area (Å²) in [5.41, 5.74) is 1.21. The van der Waals surface area contributed by atoms with Gasteiger partial charge in [0.25, 0.3) is 0 Å². The molecule has 1 unspecified atom stereocenters. The lowest BCUT2D eigenvalue weighted by atomic mass is 9.98. The molecule has 1 atom stereocenters. The fraction of sp³-hybridized carbons (Fsp3) is 0.462. The topological polar surface area (TPSA) is 58.6 Å². The Kier molecular flexibility index (Phi) is 5.49. The predicted molar refractivity (Wildman–Crippen MR) is 66.1 cm³/mol. The average molecular weight is 237 g/mol. The number of aliphatic hydroxyl groups is 1. The van der Waals surface area contributed by atoms with Crippen LogP contribution < -0.4 is 10.1 Å². The molecule has 0 radical (unpaired) electrons. The van der Waals surface area contributed by atoms with Gasteiger partial charge in [-0.05, 0) is 30.0 Å². The molecule has 17 heavy (non-hydrogen) atoms. The largest absolute Gasteiger partial charge is 0.497 e. The van der Waals surface area contributed by atoms with Crippen LogP contribution in [0.3, 0.4) is 0 Å². The van der Waals surface area contributed by atoms with Gasteiger partial charge in [-0.3, -0.25) is 4.79 Å². The third kappa shape index (κ3) is 4.44. The Balaban J connectivity index is 2.40. The van der Waals surface area contributed by atoms with Gasteiger partial charge in [0.05, 0.1) is 7.11 Å². The molecule has 0 heterocycles. The van der Waals surface area contributed by atoms with Gasteiger partial charge in [-0.15, -0.1) is 0 Å². The molecule has 0 bridgehead atoms. The van der Waals surface area contributed by atoms with E-state index in [2.05, 4.69) is 12.2 Å². The van der Waals surface area contributed by atoms with E-state index in [-0.39, 0.29) is 5.91 Å². The van der Waals surface area contributed by atoms with Gasteiger partial charge in [-0.2, -0.15) is 0 Å². The summed E-state index contributed by atoms with van der Waals surface area (Å²) in [6.45, 7) is 2.23. The van der Waals surface area contributed by atoms with E-state index in [1.165, 1.54) is 5.56 Å². The second-order valence-corrected chi connectivity index (χ2v) is 3.97. The molecule has 0 saturated carbocycles. The van der Waals surface area contributed by atoms with Crippen LogP contribution in [0.1, 0.15) is 24.8 Å². The Morgan fingerprint density at radius 2 is 2.06 bits per heavy atom. The minimum Gasteiger partial charge on any atom is -0.497 e. The number of hydrogen-bond donors (Lipinski definition) is 2. The molecule has 0 aliphatic heterocycles. The molecule has 0 aliphatic rings. The van der Waals surface area contributed by atoms with Gasteiger partial charge in [-0.1, -0.05) is 19.1 Å². The maximum Gasteiger partial charge on any atom is 0.245 e. The standard InChI is InChI=1S/C13H19NO3/c1-10(7-8-14-13(16)9-15)11-3-5-12(17-2)6-4-11/h3-6,10,15H,7-9H2,1-2H3,(H,14,16). The molecular formula is C13H19NO3. The minimum atomic E-state index is -0.448. The predicted octanol–water partition coefficient (Wildman–Crippen LogP) is 1.30. The van der Waals surface area contributed by atoms with Crippen LogP contribution in [-0.2, 0) is 4.79 Å². The van der Waals surface area contributed by atoms with Crippen LogP contribution in [-0.4, -0.2) is 31.3 Å². The number of carbonyl (C=O) groups excluding carboxylic acids is 1. The molecule has 4 nitrogen and oxygen atoms in total. The monoisotopic (exact) mass is 237 g/mol. The molecular weight excluding hydrogens is 218 g/mol. The van der Waals surface area contributed by atoms with Gasteiger partial charge in [0.1, 0.15) is 12.4 Å². The van der Waals surface area contributed by atoms with Crippen molar-refractivity contribution in [3.05, 3.63) is 29.8 Å². The zero-order chi connectivity index (χ0) is 12.7. The number of methoxy groups -OCH3 is 1. The number of benzene rings is 1. The number of ether oxygens (including phenoxy) is 1. The van der Waals surface area contributed by atoms with Crippen LogP contribution in [0.5, 0.6) is 5.75 Å². The molecule has 0 spiro atoms. The molecule has 1 rings (SSSR count). The quantitative estimate of drug-likeness (QED) is 0.784. The smallest absolute Gasteiger partial charge is 0.245 e. The molecule has 4 heteroatoms. The van der Waals surface area contributed by atoms with Crippen molar-refractivity contribution in [2.75, 3.05) is 20.3 Å². The third-order valence-corrected chi connectivity index (χ3v) is 2.73. The summed E-state index contributed by atoms with van der Waals surface area (Å²) in [6, 6.07) is 7.91. The number of hydrogen-bond acceptors (Lipinski definition) is 3. The summed E-state index contributed by atoms with van der Waals surface area (Å²) in [6.07, 6.45) is 0.845. The Labute approximate surface area is 102 Å². The van der Waals surface area contributed by atoms with E-state index in [4.69, 9.17) is 9.84 Å². The van der Waals surface area contributed by atoms with E-state index < -0.39 is 6.61 Å². The van der Waals surface area contributed by atoms with Crippen molar-refractivity contribution in [1.29, 1.82) is 0 Å².